The van der Waals surface area contributed by atoms with Gasteiger partial charge in [-0.1, -0.05) is 32.9 Å². The molecule has 0 aliphatic rings. The van der Waals surface area contributed by atoms with Crippen molar-refractivity contribution in [3.05, 3.63) is 29.8 Å². The molecular weight excluding hydrogens is 266 g/mol. The number of benzene rings is 1. The normalized spacial score (nSPS) is 12.0. The summed E-state index contributed by atoms with van der Waals surface area (Å²) in [6, 6.07) is 7.00. The first-order valence-corrected chi connectivity index (χ1v) is 7.39. The van der Waals surface area contributed by atoms with Gasteiger partial charge in [0.05, 0.1) is 17.2 Å². The monoisotopic (exact) mass is 291 g/mol. The van der Waals surface area contributed by atoms with Crippen LogP contribution in [0.4, 0.5) is 5.69 Å². The molecule has 0 radical (unpaired) electrons. The number of carbonyl (C=O) groups excluding carboxylic acids is 2. The number of nitrogens with two attached hydrogens (primary N) is 1. The van der Waals surface area contributed by atoms with Gasteiger partial charge in [-0.3, -0.25) is 9.59 Å². The lowest BCUT2D eigenvalue weighted by atomic mass is 9.95. The van der Waals surface area contributed by atoms with Crippen LogP contribution in [0.3, 0.4) is 0 Å². The van der Waals surface area contributed by atoms with E-state index in [1.54, 1.807) is 24.3 Å². The summed E-state index contributed by atoms with van der Waals surface area (Å²) < 4.78 is 0. The molecule has 0 fully saturated rings. The number of amides is 2. The topological polar surface area (TPSA) is 84.2 Å². The van der Waals surface area contributed by atoms with Crippen LogP contribution in [0.15, 0.2) is 24.3 Å². The van der Waals surface area contributed by atoms with E-state index in [1.165, 1.54) is 0 Å². The number of anilines is 1. The van der Waals surface area contributed by atoms with Gasteiger partial charge < -0.3 is 16.4 Å². The van der Waals surface area contributed by atoms with Gasteiger partial charge in [0.25, 0.3) is 5.91 Å². The summed E-state index contributed by atoms with van der Waals surface area (Å²) in [7, 11) is 0. The largest absolute Gasteiger partial charge is 0.352 e. The second-order valence-corrected chi connectivity index (χ2v) is 5.38. The minimum Gasteiger partial charge on any atom is -0.352 e. The molecule has 1 rings (SSSR count). The molecule has 1 aromatic carbocycles. The molecule has 1 aromatic rings. The Morgan fingerprint density at radius 1 is 1.24 bits per heavy atom. The minimum absolute atomic E-state index is 0.149. The predicted octanol–water partition coefficient (Wildman–Crippen LogP) is 2.00. The number of hydrogen-bond donors (Lipinski definition) is 3. The number of hydrogen-bond acceptors (Lipinski definition) is 3. The summed E-state index contributed by atoms with van der Waals surface area (Å²) in [5, 5.41) is 5.63. The molecule has 0 spiro atoms. The van der Waals surface area contributed by atoms with Crippen LogP contribution in [0.5, 0.6) is 0 Å². The minimum atomic E-state index is -0.267. The molecule has 5 nitrogen and oxygen atoms in total. The molecule has 116 valence electrons. The zero-order valence-electron chi connectivity index (χ0n) is 13.0. The fraction of sp³-hybridized carbons (Fsp3) is 0.500. The van der Waals surface area contributed by atoms with E-state index >= 15 is 0 Å². The fourth-order valence-corrected chi connectivity index (χ4v) is 2.03. The fourth-order valence-electron chi connectivity index (χ4n) is 2.03. The molecular formula is C16H25N3O2. The Labute approximate surface area is 126 Å². The van der Waals surface area contributed by atoms with Crippen molar-refractivity contribution in [2.75, 3.05) is 18.4 Å². The van der Waals surface area contributed by atoms with Gasteiger partial charge in [0.1, 0.15) is 0 Å². The van der Waals surface area contributed by atoms with Crippen LogP contribution in [-0.2, 0) is 4.79 Å². The van der Waals surface area contributed by atoms with Crippen molar-refractivity contribution in [3.8, 4) is 0 Å². The Morgan fingerprint density at radius 3 is 2.48 bits per heavy atom. The first kappa shape index (κ1) is 17.2. The standard InChI is InChI=1S/C16H25N3O2/c1-4-9-18-15(20)12-7-5-6-8-14(12)19-16(21)13(10-17)11(2)3/h5-8,11,13H,4,9-10,17H2,1-3H3,(H,18,20)(H,19,21). The predicted molar refractivity (Wildman–Crippen MR) is 85.1 cm³/mol. The maximum absolute atomic E-state index is 12.3. The molecule has 0 saturated heterocycles. The van der Waals surface area contributed by atoms with Crippen LogP contribution in [-0.4, -0.2) is 24.9 Å². The highest BCUT2D eigenvalue weighted by atomic mass is 16.2. The van der Waals surface area contributed by atoms with Crippen molar-refractivity contribution < 1.29 is 9.59 Å². The van der Waals surface area contributed by atoms with Gasteiger partial charge in [0, 0.05) is 13.1 Å². The zero-order valence-corrected chi connectivity index (χ0v) is 13.0. The van der Waals surface area contributed by atoms with E-state index in [0.29, 0.717) is 17.8 Å². The Balaban J connectivity index is 2.88. The molecule has 1 unspecified atom stereocenters. The van der Waals surface area contributed by atoms with Crippen LogP contribution in [0, 0.1) is 11.8 Å². The first-order chi connectivity index (χ1) is 10.0. The summed E-state index contributed by atoms with van der Waals surface area (Å²) in [6.07, 6.45) is 0.864. The van der Waals surface area contributed by atoms with Crippen molar-refractivity contribution >= 4 is 17.5 Å². The van der Waals surface area contributed by atoms with E-state index in [2.05, 4.69) is 10.6 Å². The maximum Gasteiger partial charge on any atom is 0.253 e. The van der Waals surface area contributed by atoms with Gasteiger partial charge in [-0.2, -0.15) is 0 Å². The molecule has 0 heterocycles. The Bertz CT molecular complexity index is 486. The molecule has 0 saturated carbocycles. The molecule has 21 heavy (non-hydrogen) atoms. The average molecular weight is 291 g/mol. The maximum atomic E-state index is 12.3. The zero-order chi connectivity index (χ0) is 15.8. The molecule has 2 amide bonds. The van der Waals surface area contributed by atoms with Crippen molar-refractivity contribution in [2.24, 2.45) is 17.6 Å². The number of nitrogens with one attached hydrogen (secondary N) is 2. The highest BCUT2D eigenvalue weighted by Gasteiger charge is 2.22. The van der Waals surface area contributed by atoms with Gasteiger partial charge in [0.15, 0.2) is 0 Å². The molecule has 5 heteroatoms. The van der Waals surface area contributed by atoms with Crippen LogP contribution in [0.25, 0.3) is 0 Å². The molecule has 1 atom stereocenters. The molecule has 0 aliphatic carbocycles. The summed E-state index contributed by atoms with van der Waals surface area (Å²) in [5.74, 6) is -0.447. The molecule has 0 bridgehead atoms. The van der Waals surface area contributed by atoms with Crippen molar-refractivity contribution in [3.63, 3.8) is 0 Å². The SMILES string of the molecule is CCCNC(=O)c1ccccc1NC(=O)C(CN)C(C)C. The van der Waals surface area contributed by atoms with Crippen molar-refractivity contribution in [1.82, 2.24) is 5.32 Å². The van der Waals surface area contributed by atoms with E-state index < -0.39 is 0 Å². The number of carbonyl (C=O) groups is 2. The lowest BCUT2D eigenvalue weighted by molar-refractivity contribution is -0.120. The van der Waals surface area contributed by atoms with Crippen LogP contribution in [0.1, 0.15) is 37.6 Å². The van der Waals surface area contributed by atoms with Gasteiger partial charge >= 0.3 is 0 Å². The molecule has 0 aromatic heterocycles. The summed E-state index contributed by atoms with van der Waals surface area (Å²) in [5.41, 5.74) is 6.65. The summed E-state index contributed by atoms with van der Waals surface area (Å²) in [6.45, 7) is 6.79. The van der Waals surface area contributed by atoms with E-state index in [0.717, 1.165) is 6.42 Å². The average Bonchev–Trinajstić information content (AvgIpc) is 2.45. The molecule has 0 aliphatic heterocycles. The van der Waals surface area contributed by atoms with E-state index in [1.807, 2.05) is 20.8 Å². The van der Waals surface area contributed by atoms with Gasteiger partial charge in [-0.05, 0) is 24.5 Å². The summed E-state index contributed by atoms with van der Waals surface area (Å²) in [4.78, 5) is 24.3. The second kappa shape index (κ2) is 8.42. The number of para-hydroxylation sites is 1. The van der Waals surface area contributed by atoms with Gasteiger partial charge in [-0.15, -0.1) is 0 Å². The first-order valence-electron chi connectivity index (χ1n) is 7.39. The third kappa shape index (κ3) is 4.86. The highest BCUT2D eigenvalue weighted by Crippen LogP contribution is 2.18. The van der Waals surface area contributed by atoms with Crippen molar-refractivity contribution in [2.45, 2.75) is 27.2 Å². The van der Waals surface area contributed by atoms with E-state index in [9.17, 15) is 9.59 Å². The van der Waals surface area contributed by atoms with E-state index in [4.69, 9.17) is 5.73 Å². The Kier molecular flexibility index (Phi) is 6.88. The van der Waals surface area contributed by atoms with Crippen LogP contribution < -0.4 is 16.4 Å². The molecule has 4 N–H and O–H groups in total. The third-order valence-electron chi connectivity index (χ3n) is 3.36. The van der Waals surface area contributed by atoms with Crippen LogP contribution in [0.2, 0.25) is 0 Å². The lowest BCUT2D eigenvalue weighted by Crippen LogP contribution is -2.34. The lowest BCUT2D eigenvalue weighted by Gasteiger charge is -2.19. The second-order valence-electron chi connectivity index (χ2n) is 5.38. The number of rotatable bonds is 7. The van der Waals surface area contributed by atoms with Crippen molar-refractivity contribution in [1.29, 1.82) is 0 Å². The van der Waals surface area contributed by atoms with Gasteiger partial charge in [-0.25, -0.2) is 0 Å². The Hall–Kier alpha value is -1.88. The summed E-state index contributed by atoms with van der Waals surface area (Å²) >= 11 is 0. The van der Waals surface area contributed by atoms with Gasteiger partial charge in [0.2, 0.25) is 5.91 Å². The highest BCUT2D eigenvalue weighted by molar-refractivity contribution is 6.04. The van der Waals surface area contributed by atoms with E-state index in [-0.39, 0.29) is 30.2 Å². The Morgan fingerprint density at radius 2 is 1.90 bits per heavy atom. The quantitative estimate of drug-likeness (QED) is 0.718. The van der Waals surface area contributed by atoms with Crippen LogP contribution >= 0.6 is 0 Å². The third-order valence-corrected chi connectivity index (χ3v) is 3.36. The smallest absolute Gasteiger partial charge is 0.253 e.